The number of hydrogen-bond acceptors (Lipinski definition) is 2. The van der Waals surface area contributed by atoms with Gasteiger partial charge in [-0.1, -0.05) is 13.8 Å². The van der Waals surface area contributed by atoms with Gasteiger partial charge in [0.05, 0.1) is 5.69 Å². The van der Waals surface area contributed by atoms with E-state index in [1.54, 1.807) is 17.7 Å². The Hall–Kier alpha value is -1.84. The number of aromatic nitrogens is 2. The molecule has 2 aromatic rings. The predicted molar refractivity (Wildman–Crippen MR) is 76.3 cm³/mol. The van der Waals surface area contributed by atoms with Crippen LogP contribution in [0.3, 0.4) is 0 Å². The zero-order valence-corrected chi connectivity index (χ0v) is 11.9. The van der Waals surface area contributed by atoms with E-state index in [2.05, 4.69) is 18.9 Å². The Balaban J connectivity index is 2.54. The minimum atomic E-state index is -0.196. The molecule has 0 aliphatic heterocycles. The molecular weight excluding hydrogens is 241 g/mol. The summed E-state index contributed by atoms with van der Waals surface area (Å²) < 4.78 is 15.0. The number of nitrogens with zero attached hydrogens (tertiary/aromatic N) is 2. The zero-order chi connectivity index (χ0) is 14.2. The van der Waals surface area contributed by atoms with Gasteiger partial charge in [-0.05, 0) is 43.0 Å². The lowest BCUT2D eigenvalue weighted by molar-refractivity contribution is 0.618. The average Bonchev–Trinajstić information content (AvgIpc) is 2.60. The maximum Gasteiger partial charge on any atom is 0.126 e. The monoisotopic (exact) mass is 261 g/mol. The molecule has 2 N–H and O–H groups in total. The molecule has 4 heteroatoms. The quantitative estimate of drug-likeness (QED) is 0.921. The second-order valence-corrected chi connectivity index (χ2v) is 5.40. The summed E-state index contributed by atoms with van der Waals surface area (Å²) in [6.45, 7) is 6.05. The van der Waals surface area contributed by atoms with Gasteiger partial charge in [-0.2, -0.15) is 5.10 Å². The fraction of sp³-hybridized carbons (Fsp3) is 0.400. The van der Waals surface area contributed by atoms with Crippen molar-refractivity contribution in [2.75, 3.05) is 5.73 Å². The fourth-order valence-corrected chi connectivity index (χ4v) is 2.21. The summed E-state index contributed by atoms with van der Waals surface area (Å²) in [7, 11) is 1.83. The van der Waals surface area contributed by atoms with Crippen LogP contribution in [-0.2, 0) is 13.5 Å². The van der Waals surface area contributed by atoms with Gasteiger partial charge in [-0.15, -0.1) is 0 Å². The first-order valence-electron chi connectivity index (χ1n) is 6.48. The van der Waals surface area contributed by atoms with E-state index in [1.807, 2.05) is 13.1 Å². The van der Waals surface area contributed by atoms with E-state index in [0.29, 0.717) is 17.3 Å². The molecule has 0 saturated heterocycles. The van der Waals surface area contributed by atoms with Crippen LogP contribution in [0.5, 0.6) is 0 Å². The highest BCUT2D eigenvalue weighted by Crippen LogP contribution is 2.29. The normalized spacial score (nSPS) is 11.3. The number of rotatable bonds is 3. The molecule has 0 aliphatic rings. The number of halogens is 1. The molecule has 1 aromatic heterocycles. The van der Waals surface area contributed by atoms with Gasteiger partial charge in [-0.25, -0.2) is 4.39 Å². The van der Waals surface area contributed by atoms with Crippen LogP contribution in [0.25, 0.3) is 11.3 Å². The van der Waals surface area contributed by atoms with E-state index in [4.69, 9.17) is 5.73 Å². The van der Waals surface area contributed by atoms with Crippen LogP contribution in [0.15, 0.2) is 18.2 Å². The number of anilines is 1. The molecule has 19 heavy (non-hydrogen) atoms. The average molecular weight is 261 g/mol. The van der Waals surface area contributed by atoms with Crippen LogP contribution in [0.4, 0.5) is 10.2 Å². The zero-order valence-electron chi connectivity index (χ0n) is 11.9. The summed E-state index contributed by atoms with van der Waals surface area (Å²) >= 11 is 0. The molecule has 2 rings (SSSR count). The molecule has 1 aromatic carbocycles. The van der Waals surface area contributed by atoms with Crippen LogP contribution in [-0.4, -0.2) is 9.78 Å². The molecule has 0 aliphatic carbocycles. The smallest absolute Gasteiger partial charge is 0.126 e. The minimum absolute atomic E-state index is 0.196. The fourth-order valence-electron chi connectivity index (χ4n) is 2.21. The van der Waals surface area contributed by atoms with E-state index < -0.39 is 0 Å². The second-order valence-electron chi connectivity index (χ2n) is 5.40. The van der Waals surface area contributed by atoms with Crippen LogP contribution >= 0.6 is 0 Å². The third-order valence-electron chi connectivity index (χ3n) is 3.24. The number of nitrogens with two attached hydrogens (primary N) is 1. The van der Waals surface area contributed by atoms with Gasteiger partial charge in [0.2, 0.25) is 0 Å². The highest BCUT2D eigenvalue weighted by molar-refractivity contribution is 5.69. The van der Waals surface area contributed by atoms with Crippen molar-refractivity contribution < 1.29 is 4.39 Å². The molecule has 0 radical (unpaired) electrons. The predicted octanol–water partition coefficient (Wildman–Crippen LogP) is 3.32. The SMILES string of the molecule is Cc1cc(-c2nn(C)c(N)c2CC(C)C)ccc1F. The lowest BCUT2D eigenvalue weighted by Gasteiger charge is -2.07. The van der Waals surface area contributed by atoms with Gasteiger partial charge in [-0.3, -0.25) is 4.68 Å². The van der Waals surface area contributed by atoms with Crippen molar-refractivity contribution in [2.24, 2.45) is 13.0 Å². The second kappa shape index (κ2) is 5.03. The van der Waals surface area contributed by atoms with E-state index in [0.717, 1.165) is 23.2 Å². The highest BCUT2D eigenvalue weighted by Gasteiger charge is 2.17. The third-order valence-corrected chi connectivity index (χ3v) is 3.24. The number of aryl methyl sites for hydroxylation is 2. The molecule has 0 fully saturated rings. The van der Waals surface area contributed by atoms with Gasteiger partial charge < -0.3 is 5.73 Å². The summed E-state index contributed by atoms with van der Waals surface area (Å²) in [5.41, 5.74) is 9.53. The Kier molecular flexibility index (Phi) is 3.60. The van der Waals surface area contributed by atoms with Gasteiger partial charge in [0.15, 0.2) is 0 Å². The first kappa shape index (κ1) is 13.6. The summed E-state index contributed by atoms with van der Waals surface area (Å²) in [6.07, 6.45) is 0.866. The van der Waals surface area contributed by atoms with Crippen molar-refractivity contribution >= 4 is 5.82 Å². The lowest BCUT2D eigenvalue weighted by Crippen LogP contribution is -2.02. The largest absolute Gasteiger partial charge is 0.384 e. The Morgan fingerprint density at radius 1 is 1.37 bits per heavy atom. The molecule has 0 bridgehead atoms. The molecule has 3 nitrogen and oxygen atoms in total. The summed E-state index contributed by atoms with van der Waals surface area (Å²) in [4.78, 5) is 0. The van der Waals surface area contributed by atoms with Gasteiger partial charge >= 0.3 is 0 Å². The molecule has 0 saturated carbocycles. The van der Waals surface area contributed by atoms with Crippen molar-refractivity contribution in [3.05, 3.63) is 35.1 Å². The molecule has 1 heterocycles. The van der Waals surface area contributed by atoms with Crippen molar-refractivity contribution in [2.45, 2.75) is 27.2 Å². The van der Waals surface area contributed by atoms with E-state index in [-0.39, 0.29) is 5.82 Å². The van der Waals surface area contributed by atoms with Crippen LogP contribution in [0, 0.1) is 18.7 Å². The summed E-state index contributed by atoms with van der Waals surface area (Å²) in [5.74, 6) is 0.982. The van der Waals surface area contributed by atoms with Crippen molar-refractivity contribution in [1.82, 2.24) is 9.78 Å². The standard InChI is InChI=1S/C15H20FN3/c1-9(2)7-12-14(18-19(4)15(12)17)11-5-6-13(16)10(3)8-11/h5-6,8-9H,7,17H2,1-4H3. The first-order chi connectivity index (χ1) is 8.90. The van der Waals surface area contributed by atoms with Crippen LogP contribution in [0.2, 0.25) is 0 Å². The number of hydrogen-bond donors (Lipinski definition) is 1. The van der Waals surface area contributed by atoms with E-state index in [1.165, 1.54) is 6.07 Å². The topological polar surface area (TPSA) is 43.8 Å². The number of nitrogen functional groups attached to an aromatic ring is 1. The Bertz CT molecular complexity index is 600. The molecule has 0 amide bonds. The molecular formula is C15H20FN3. The third kappa shape index (κ3) is 2.62. The summed E-state index contributed by atoms with van der Waals surface area (Å²) in [6, 6.07) is 5.06. The molecule has 0 atom stereocenters. The molecule has 0 spiro atoms. The maximum atomic E-state index is 13.4. The van der Waals surface area contributed by atoms with Gasteiger partial charge in [0.25, 0.3) is 0 Å². The lowest BCUT2D eigenvalue weighted by atomic mass is 9.98. The van der Waals surface area contributed by atoms with Gasteiger partial charge in [0, 0.05) is 18.2 Å². The van der Waals surface area contributed by atoms with Crippen molar-refractivity contribution in [1.29, 1.82) is 0 Å². The van der Waals surface area contributed by atoms with Crippen LogP contribution < -0.4 is 5.73 Å². The minimum Gasteiger partial charge on any atom is -0.384 e. The molecule has 0 unspecified atom stereocenters. The first-order valence-corrected chi connectivity index (χ1v) is 6.48. The highest BCUT2D eigenvalue weighted by atomic mass is 19.1. The van der Waals surface area contributed by atoms with Gasteiger partial charge in [0.1, 0.15) is 11.6 Å². The van der Waals surface area contributed by atoms with Crippen LogP contribution in [0.1, 0.15) is 25.0 Å². The maximum absolute atomic E-state index is 13.4. The van der Waals surface area contributed by atoms with E-state index >= 15 is 0 Å². The summed E-state index contributed by atoms with van der Waals surface area (Å²) in [5, 5.41) is 4.47. The Morgan fingerprint density at radius 2 is 2.05 bits per heavy atom. The Labute approximate surface area is 113 Å². The van der Waals surface area contributed by atoms with Crippen molar-refractivity contribution in [3.63, 3.8) is 0 Å². The van der Waals surface area contributed by atoms with E-state index in [9.17, 15) is 4.39 Å². The van der Waals surface area contributed by atoms with Crippen molar-refractivity contribution in [3.8, 4) is 11.3 Å². The Morgan fingerprint density at radius 3 is 2.63 bits per heavy atom. The number of benzene rings is 1. The molecule has 102 valence electrons.